The van der Waals surface area contributed by atoms with Crippen LogP contribution in [0.25, 0.3) is 0 Å². The Morgan fingerprint density at radius 1 is 0.317 bits per heavy atom. The van der Waals surface area contributed by atoms with Crippen LogP contribution in [0, 0.1) is 0 Å². The Kier molecular flexibility index (Phi) is 15.3. The molecule has 0 saturated carbocycles. The van der Waals surface area contributed by atoms with Gasteiger partial charge in [0.1, 0.15) is 0 Å². The predicted molar refractivity (Wildman–Crippen MR) is 272 cm³/mol. The van der Waals surface area contributed by atoms with Gasteiger partial charge in [0.05, 0.1) is 0 Å². The van der Waals surface area contributed by atoms with E-state index in [9.17, 15) is 0 Å². The van der Waals surface area contributed by atoms with Crippen molar-refractivity contribution in [2.24, 2.45) is 0 Å². The second-order valence-corrected chi connectivity index (χ2v) is 25.1. The number of rotatable bonds is 18. The van der Waals surface area contributed by atoms with E-state index in [1.807, 2.05) is 0 Å². The van der Waals surface area contributed by atoms with Gasteiger partial charge in [-0.2, -0.15) is 0 Å². The molecule has 0 heterocycles. The summed E-state index contributed by atoms with van der Waals surface area (Å²) in [5.74, 6) is 0. The van der Waals surface area contributed by atoms with Crippen molar-refractivity contribution in [3.05, 3.63) is 243 Å². The van der Waals surface area contributed by atoms with Crippen LogP contribution in [0.1, 0.15) is 26.2 Å². The lowest BCUT2D eigenvalue weighted by Crippen LogP contribution is -2.37. The summed E-state index contributed by atoms with van der Waals surface area (Å²) in [7, 11) is -2.57. The van der Waals surface area contributed by atoms with E-state index in [1.165, 1.54) is 61.4 Å². The average Bonchev–Trinajstić information content (AvgIpc) is 3.33. The van der Waals surface area contributed by atoms with Crippen LogP contribution in [0.4, 0.5) is 0 Å². The van der Waals surface area contributed by atoms with Crippen molar-refractivity contribution in [3.63, 3.8) is 0 Å². The molecule has 0 aliphatic heterocycles. The minimum atomic E-state index is -0.731. The van der Waals surface area contributed by atoms with Gasteiger partial charge in [0.15, 0.2) is 0 Å². The molecular weight excluding hydrogens is 797 g/mol. The lowest BCUT2D eigenvalue weighted by atomic mass is 10.1. The Balaban J connectivity index is 1.27. The van der Waals surface area contributed by atoms with E-state index < -0.39 is 31.7 Å². The van der Waals surface area contributed by atoms with Crippen molar-refractivity contribution >= 4 is 74.1 Å². The summed E-state index contributed by atoms with van der Waals surface area (Å²) >= 11 is 0. The second-order valence-electron chi connectivity index (χ2n) is 15.3. The molecule has 8 rings (SSSR count). The third-order valence-corrected chi connectivity index (χ3v) is 23.1. The molecule has 0 amide bonds. The molecule has 0 bridgehead atoms. The largest absolute Gasteiger partial charge is 0.0622 e. The predicted octanol–water partition coefficient (Wildman–Crippen LogP) is 11.8. The van der Waals surface area contributed by atoms with Crippen molar-refractivity contribution < 1.29 is 0 Å². The Morgan fingerprint density at radius 3 is 0.900 bits per heavy atom. The van der Waals surface area contributed by atoms with Crippen LogP contribution < -0.4 is 42.4 Å². The molecule has 4 heteroatoms. The van der Waals surface area contributed by atoms with E-state index >= 15 is 0 Å². The van der Waals surface area contributed by atoms with Crippen molar-refractivity contribution in [2.45, 2.75) is 43.2 Å². The molecule has 0 aliphatic carbocycles. The summed E-state index contributed by atoms with van der Waals surface area (Å²) in [5, 5.41) is 11.8. The molecule has 3 unspecified atom stereocenters. The molecule has 0 N–H and O–H groups in total. The molecule has 298 valence electrons. The molecule has 0 fully saturated rings. The molecule has 0 aromatic heterocycles. The average molecular weight is 851 g/mol. The Bertz CT molecular complexity index is 2240. The van der Waals surface area contributed by atoms with Gasteiger partial charge in [-0.15, -0.1) is 0 Å². The van der Waals surface area contributed by atoms with Crippen molar-refractivity contribution in [1.82, 2.24) is 0 Å². The van der Waals surface area contributed by atoms with E-state index in [0.717, 1.165) is 6.42 Å². The quantitative estimate of drug-likeness (QED) is 0.0755. The van der Waals surface area contributed by atoms with E-state index in [-0.39, 0.29) is 0 Å². The first kappa shape index (κ1) is 42.2. The van der Waals surface area contributed by atoms with Gasteiger partial charge in [-0.25, -0.2) is 0 Å². The third-order valence-electron chi connectivity index (χ3n) is 11.4. The zero-order valence-corrected chi connectivity index (χ0v) is 38.0. The highest BCUT2D eigenvalue weighted by Gasteiger charge is 2.38. The van der Waals surface area contributed by atoms with E-state index in [1.54, 1.807) is 0 Å². The summed E-state index contributed by atoms with van der Waals surface area (Å²) < 4.78 is 0. The summed E-state index contributed by atoms with van der Waals surface area (Å²) in [6.45, 7) is 2.62. The fraction of sp³-hybridized carbons (Fsp3) is 0.143. The van der Waals surface area contributed by atoms with Gasteiger partial charge in [0.2, 0.25) is 0 Å². The van der Waals surface area contributed by atoms with Gasteiger partial charge in [-0.3, -0.25) is 0 Å². The minimum absolute atomic E-state index is 0.410. The highest BCUT2D eigenvalue weighted by molar-refractivity contribution is 7.78. The van der Waals surface area contributed by atoms with Crippen LogP contribution in [0.2, 0.25) is 0 Å². The third kappa shape index (κ3) is 10.7. The maximum Gasteiger partial charge on any atom is -0.00515 e. The van der Waals surface area contributed by atoms with Crippen molar-refractivity contribution in [2.75, 3.05) is 6.16 Å². The zero-order valence-electron chi connectivity index (χ0n) is 34.4. The maximum absolute atomic E-state index is 2.62. The fourth-order valence-electron chi connectivity index (χ4n) is 8.68. The van der Waals surface area contributed by atoms with Gasteiger partial charge in [0.25, 0.3) is 0 Å². The molecule has 0 aliphatic rings. The maximum atomic E-state index is 2.62. The first-order valence-electron chi connectivity index (χ1n) is 21.3. The van der Waals surface area contributed by atoms with E-state index in [2.05, 4.69) is 250 Å². The van der Waals surface area contributed by atoms with Gasteiger partial charge in [0, 0.05) is 0 Å². The fourth-order valence-corrected chi connectivity index (χ4v) is 20.7. The molecule has 0 spiro atoms. The Hall–Kier alpha value is -4.52. The molecule has 0 nitrogen and oxygen atoms in total. The zero-order chi connectivity index (χ0) is 40.8. The van der Waals surface area contributed by atoms with Gasteiger partial charge >= 0.3 is 0 Å². The van der Waals surface area contributed by atoms with Crippen LogP contribution in [-0.4, -0.2) is 23.1 Å². The van der Waals surface area contributed by atoms with Crippen molar-refractivity contribution in [3.8, 4) is 0 Å². The lowest BCUT2D eigenvalue weighted by Gasteiger charge is -2.41. The molecule has 60 heavy (non-hydrogen) atoms. The summed E-state index contributed by atoms with van der Waals surface area (Å²) in [6.07, 6.45) is 4.69. The topological polar surface area (TPSA) is 0 Å². The molecule has 8 aromatic carbocycles. The number of hydrogen-bond acceptors (Lipinski definition) is 0. The highest BCUT2D eigenvalue weighted by Crippen LogP contribution is 2.56. The van der Waals surface area contributed by atoms with Gasteiger partial charge in [-0.05, 0) is 117 Å². The SMILES string of the molecule is CC(C(CC(CCCP(c1ccccc1)c1ccccc1)P(c1ccccc1)c1ccccc1)P(c1ccccc1)c1ccccc1)P(c1ccccc1)c1ccccc1. The second kappa shape index (κ2) is 21.8. The Labute approximate surface area is 364 Å². The molecule has 8 aromatic rings. The van der Waals surface area contributed by atoms with Crippen LogP contribution in [0.15, 0.2) is 243 Å². The standard InChI is InChI=1S/C56H54P4/c1-46(58(49-31-14-4-15-32-49)50-33-16-5-17-34-50)56(60(53-39-22-8-23-40-53)54-41-24-9-25-42-54)45-55(59(51-35-18-6-19-36-51)52-37-20-7-21-38-52)43-26-44-57(47-27-10-2-11-28-47)48-29-12-3-13-30-48/h2-25,27-42,46,55-56H,26,43-45H2,1H3. The van der Waals surface area contributed by atoms with Crippen LogP contribution in [-0.2, 0) is 0 Å². The Morgan fingerprint density at radius 2 is 0.583 bits per heavy atom. The van der Waals surface area contributed by atoms with Crippen LogP contribution in [0.5, 0.6) is 0 Å². The molecule has 0 radical (unpaired) electrons. The molecular formula is C56H54P4. The molecule has 0 saturated heterocycles. The number of hydrogen-bond donors (Lipinski definition) is 0. The molecule has 3 atom stereocenters. The lowest BCUT2D eigenvalue weighted by molar-refractivity contribution is 0.649. The summed E-state index contributed by atoms with van der Waals surface area (Å²) in [5.41, 5.74) is 1.30. The van der Waals surface area contributed by atoms with E-state index in [4.69, 9.17) is 0 Å². The highest BCUT2D eigenvalue weighted by atomic mass is 31.1. The number of benzene rings is 8. The first-order chi connectivity index (χ1) is 29.7. The van der Waals surface area contributed by atoms with Gasteiger partial charge < -0.3 is 0 Å². The van der Waals surface area contributed by atoms with Gasteiger partial charge in [-0.1, -0.05) is 250 Å². The summed E-state index contributed by atoms with van der Waals surface area (Å²) in [4.78, 5) is 0. The van der Waals surface area contributed by atoms with E-state index in [0.29, 0.717) is 17.0 Å². The summed E-state index contributed by atoms with van der Waals surface area (Å²) in [6, 6.07) is 91.8. The van der Waals surface area contributed by atoms with Crippen LogP contribution >= 0.6 is 31.7 Å². The minimum Gasteiger partial charge on any atom is -0.0622 e. The smallest absolute Gasteiger partial charge is 0.00515 e. The van der Waals surface area contributed by atoms with Crippen molar-refractivity contribution in [1.29, 1.82) is 0 Å². The van der Waals surface area contributed by atoms with Crippen LogP contribution in [0.3, 0.4) is 0 Å². The normalized spacial score (nSPS) is 13.1. The first-order valence-corrected chi connectivity index (χ1v) is 27.1. The monoisotopic (exact) mass is 850 g/mol.